The number of unbranched alkanes of at least 4 members (excludes halogenated alkanes) is 2. The van der Waals surface area contributed by atoms with Gasteiger partial charge in [-0.3, -0.25) is 4.79 Å². The highest BCUT2D eigenvalue weighted by Gasteiger charge is 2.18. The summed E-state index contributed by atoms with van der Waals surface area (Å²) in [6.45, 7) is 4.21. The molecule has 5 heteroatoms. The van der Waals surface area contributed by atoms with Crippen molar-refractivity contribution in [3.8, 4) is 0 Å². The Hall–Kier alpha value is -1.62. The molecule has 2 aromatic rings. The van der Waals surface area contributed by atoms with Crippen LogP contribution in [0.4, 0.5) is 5.69 Å². The van der Waals surface area contributed by atoms with E-state index in [2.05, 4.69) is 17.2 Å². The van der Waals surface area contributed by atoms with E-state index < -0.39 is 0 Å². The van der Waals surface area contributed by atoms with Gasteiger partial charge in [-0.25, -0.2) is 4.98 Å². The molecule has 0 aliphatic rings. The van der Waals surface area contributed by atoms with Crippen LogP contribution in [0.25, 0.3) is 10.2 Å². The summed E-state index contributed by atoms with van der Waals surface area (Å²) in [5, 5.41) is 3.88. The zero-order valence-corrected chi connectivity index (χ0v) is 12.8. The molecule has 4 nitrogen and oxygen atoms in total. The number of carbonyl (C=O) groups is 1. The molecule has 1 unspecified atom stereocenters. The summed E-state index contributed by atoms with van der Waals surface area (Å²) >= 11 is 1.35. The first-order valence-electron chi connectivity index (χ1n) is 7.07. The van der Waals surface area contributed by atoms with E-state index in [0.29, 0.717) is 10.6 Å². The van der Waals surface area contributed by atoms with E-state index in [9.17, 15) is 4.79 Å². The maximum atomic E-state index is 12.3. The van der Waals surface area contributed by atoms with Crippen LogP contribution in [0.1, 0.15) is 49.2 Å². The quantitative estimate of drug-likeness (QED) is 0.799. The third kappa shape index (κ3) is 3.28. The van der Waals surface area contributed by atoms with Gasteiger partial charge in [0.05, 0.1) is 5.69 Å². The van der Waals surface area contributed by atoms with Crippen molar-refractivity contribution >= 4 is 33.1 Å². The molecule has 20 heavy (non-hydrogen) atoms. The Kier molecular flexibility index (Phi) is 4.95. The SMILES string of the molecule is CCCCCC(C)NC(=O)c1sc2ncccc2c1N. The number of anilines is 1. The van der Waals surface area contributed by atoms with Crippen LogP contribution in [0, 0.1) is 0 Å². The van der Waals surface area contributed by atoms with Gasteiger partial charge in [0, 0.05) is 17.6 Å². The van der Waals surface area contributed by atoms with Gasteiger partial charge in [-0.15, -0.1) is 11.3 Å². The van der Waals surface area contributed by atoms with Crippen molar-refractivity contribution in [2.24, 2.45) is 0 Å². The normalized spacial score (nSPS) is 12.5. The topological polar surface area (TPSA) is 68.0 Å². The van der Waals surface area contributed by atoms with Gasteiger partial charge in [-0.1, -0.05) is 26.2 Å². The van der Waals surface area contributed by atoms with Crippen molar-refractivity contribution in [1.29, 1.82) is 0 Å². The molecule has 0 aliphatic carbocycles. The fourth-order valence-electron chi connectivity index (χ4n) is 2.18. The highest BCUT2D eigenvalue weighted by molar-refractivity contribution is 7.21. The average Bonchev–Trinajstić information content (AvgIpc) is 2.77. The zero-order valence-electron chi connectivity index (χ0n) is 12.0. The lowest BCUT2D eigenvalue weighted by atomic mass is 10.1. The van der Waals surface area contributed by atoms with Gasteiger partial charge < -0.3 is 11.1 Å². The molecule has 1 amide bonds. The zero-order chi connectivity index (χ0) is 14.5. The number of nitrogen functional groups attached to an aromatic ring is 1. The maximum absolute atomic E-state index is 12.3. The lowest BCUT2D eigenvalue weighted by Gasteiger charge is -2.13. The molecule has 0 radical (unpaired) electrons. The molecular formula is C15H21N3OS. The van der Waals surface area contributed by atoms with Crippen LogP contribution in [0.2, 0.25) is 0 Å². The van der Waals surface area contributed by atoms with Gasteiger partial charge in [0.2, 0.25) is 0 Å². The number of pyridine rings is 1. The minimum absolute atomic E-state index is 0.0884. The van der Waals surface area contributed by atoms with Crippen molar-refractivity contribution in [3.63, 3.8) is 0 Å². The first-order chi connectivity index (χ1) is 9.63. The number of hydrogen-bond donors (Lipinski definition) is 2. The minimum Gasteiger partial charge on any atom is -0.397 e. The number of hydrogen-bond acceptors (Lipinski definition) is 4. The van der Waals surface area contributed by atoms with E-state index in [1.54, 1.807) is 6.20 Å². The molecule has 0 aliphatic heterocycles. The van der Waals surface area contributed by atoms with Crippen LogP contribution < -0.4 is 11.1 Å². The van der Waals surface area contributed by atoms with E-state index in [-0.39, 0.29) is 11.9 Å². The fraction of sp³-hybridized carbons (Fsp3) is 0.467. The molecule has 0 spiro atoms. The Labute approximate surface area is 123 Å². The molecule has 0 saturated carbocycles. The predicted octanol–water partition coefficient (Wildman–Crippen LogP) is 3.58. The Bertz CT molecular complexity index is 594. The van der Waals surface area contributed by atoms with Gasteiger partial charge in [0.15, 0.2) is 0 Å². The second-order valence-electron chi connectivity index (χ2n) is 5.07. The fourth-order valence-corrected chi connectivity index (χ4v) is 3.15. The van der Waals surface area contributed by atoms with Crippen molar-refractivity contribution < 1.29 is 4.79 Å². The van der Waals surface area contributed by atoms with Crippen molar-refractivity contribution in [1.82, 2.24) is 10.3 Å². The summed E-state index contributed by atoms with van der Waals surface area (Å²) in [6.07, 6.45) is 6.25. The summed E-state index contributed by atoms with van der Waals surface area (Å²) in [4.78, 5) is 17.9. The molecule has 2 aromatic heterocycles. The van der Waals surface area contributed by atoms with Crippen LogP contribution in [0.5, 0.6) is 0 Å². The second kappa shape index (κ2) is 6.70. The Morgan fingerprint density at radius 3 is 3.00 bits per heavy atom. The number of nitrogens with two attached hydrogens (primary N) is 1. The van der Waals surface area contributed by atoms with Crippen LogP contribution in [-0.4, -0.2) is 16.9 Å². The number of nitrogens with one attached hydrogen (secondary N) is 1. The van der Waals surface area contributed by atoms with E-state index in [1.165, 1.54) is 24.2 Å². The number of carbonyl (C=O) groups excluding carboxylic acids is 1. The summed E-state index contributed by atoms with van der Waals surface area (Å²) in [6, 6.07) is 3.91. The lowest BCUT2D eigenvalue weighted by molar-refractivity contribution is 0.0943. The van der Waals surface area contributed by atoms with Crippen LogP contribution in [0.15, 0.2) is 18.3 Å². The Morgan fingerprint density at radius 2 is 2.30 bits per heavy atom. The average molecular weight is 291 g/mol. The third-order valence-electron chi connectivity index (χ3n) is 3.33. The maximum Gasteiger partial charge on any atom is 0.263 e. The van der Waals surface area contributed by atoms with Gasteiger partial charge in [-0.2, -0.15) is 0 Å². The monoisotopic (exact) mass is 291 g/mol. The largest absolute Gasteiger partial charge is 0.397 e. The summed E-state index contributed by atoms with van der Waals surface area (Å²) in [7, 11) is 0. The molecule has 3 N–H and O–H groups in total. The number of rotatable bonds is 6. The molecule has 0 saturated heterocycles. The van der Waals surface area contributed by atoms with Gasteiger partial charge >= 0.3 is 0 Å². The molecule has 2 heterocycles. The summed E-state index contributed by atoms with van der Waals surface area (Å²) in [5.41, 5.74) is 6.59. The minimum atomic E-state index is -0.0884. The van der Waals surface area contributed by atoms with Crippen molar-refractivity contribution in [3.05, 3.63) is 23.2 Å². The molecule has 0 aromatic carbocycles. The smallest absolute Gasteiger partial charge is 0.263 e. The molecular weight excluding hydrogens is 270 g/mol. The second-order valence-corrected chi connectivity index (χ2v) is 6.07. The lowest BCUT2D eigenvalue weighted by Crippen LogP contribution is -2.32. The van der Waals surface area contributed by atoms with Crippen LogP contribution in [0.3, 0.4) is 0 Å². The molecule has 0 bridgehead atoms. The van der Waals surface area contributed by atoms with E-state index in [4.69, 9.17) is 5.73 Å². The Morgan fingerprint density at radius 1 is 1.50 bits per heavy atom. The first kappa shape index (κ1) is 14.8. The number of fused-ring (bicyclic) bond motifs is 1. The first-order valence-corrected chi connectivity index (χ1v) is 7.89. The van der Waals surface area contributed by atoms with E-state index in [0.717, 1.165) is 23.1 Å². The standard InChI is InChI=1S/C15H21N3OS/c1-3-4-5-7-10(2)18-14(19)13-12(16)11-8-6-9-17-15(11)20-13/h6,8-10H,3-5,7,16H2,1-2H3,(H,18,19). The van der Waals surface area contributed by atoms with Crippen LogP contribution in [-0.2, 0) is 0 Å². The van der Waals surface area contributed by atoms with Crippen LogP contribution >= 0.6 is 11.3 Å². The van der Waals surface area contributed by atoms with Gasteiger partial charge in [0.25, 0.3) is 5.91 Å². The Balaban J connectivity index is 2.06. The number of aromatic nitrogens is 1. The van der Waals surface area contributed by atoms with Gasteiger partial charge in [-0.05, 0) is 25.5 Å². The number of nitrogens with zero attached hydrogens (tertiary/aromatic N) is 1. The van der Waals surface area contributed by atoms with E-state index in [1.807, 2.05) is 19.1 Å². The van der Waals surface area contributed by atoms with Crippen molar-refractivity contribution in [2.75, 3.05) is 5.73 Å². The van der Waals surface area contributed by atoms with Gasteiger partial charge in [0.1, 0.15) is 9.71 Å². The summed E-state index contributed by atoms with van der Waals surface area (Å²) < 4.78 is 0. The number of thiophene rings is 1. The molecule has 2 rings (SSSR count). The van der Waals surface area contributed by atoms with Crippen molar-refractivity contribution in [2.45, 2.75) is 45.6 Å². The summed E-state index contributed by atoms with van der Waals surface area (Å²) in [5.74, 6) is -0.0884. The predicted molar refractivity (Wildman–Crippen MR) is 85.1 cm³/mol. The highest BCUT2D eigenvalue weighted by Crippen LogP contribution is 2.31. The highest BCUT2D eigenvalue weighted by atomic mass is 32.1. The number of amides is 1. The van der Waals surface area contributed by atoms with E-state index >= 15 is 0 Å². The molecule has 108 valence electrons. The third-order valence-corrected chi connectivity index (χ3v) is 4.46. The molecule has 0 fully saturated rings. The molecule has 1 atom stereocenters.